The van der Waals surface area contributed by atoms with Crippen LogP contribution in [-0.4, -0.2) is 79.3 Å². The number of carbonyl (C=O) groups is 1. The van der Waals surface area contributed by atoms with E-state index in [-0.39, 0.29) is 18.7 Å². The third-order valence-corrected chi connectivity index (χ3v) is 5.45. The topological polar surface area (TPSA) is 83.1 Å². The number of carbonyl (C=O) groups excluding carboxylic acids is 1. The summed E-state index contributed by atoms with van der Waals surface area (Å²) in [7, 11) is 0. The van der Waals surface area contributed by atoms with E-state index in [0.717, 1.165) is 31.8 Å². The van der Waals surface area contributed by atoms with Crippen LogP contribution in [0, 0.1) is 0 Å². The number of ether oxygens (including phenoxy) is 2. The highest BCUT2D eigenvalue weighted by Gasteiger charge is 2.39. The zero-order valence-electron chi connectivity index (χ0n) is 14.6. The Labute approximate surface area is 144 Å². The Bertz CT molecular complexity index is 424. The number of rotatable bonds is 7. The lowest BCUT2D eigenvalue weighted by Gasteiger charge is -2.37. The predicted octanol–water partition coefficient (Wildman–Crippen LogP) is 0.469. The van der Waals surface area contributed by atoms with Crippen LogP contribution in [0.15, 0.2) is 0 Å². The summed E-state index contributed by atoms with van der Waals surface area (Å²) in [6, 6.07) is 1.40. The minimum Gasteiger partial charge on any atom is -0.394 e. The third kappa shape index (κ3) is 4.59. The largest absolute Gasteiger partial charge is 0.394 e. The Kier molecular flexibility index (Phi) is 5.97. The Morgan fingerprint density at radius 1 is 1.38 bits per heavy atom. The summed E-state index contributed by atoms with van der Waals surface area (Å²) in [6.07, 6.45) is 5.10. The van der Waals surface area contributed by atoms with Crippen molar-refractivity contribution < 1.29 is 19.4 Å². The van der Waals surface area contributed by atoms with Crippen molar-refractivity contribution in [1.82, 2.24) is 15.5 Å². The maximum Gasteiger partial charge on any atom is 0.315 e. The molecule has 7 nitrogen and oxygen atoms in total. The fraction of sp³-hybridized carbons (Fsp3) is 0.941. The highest BCUT2D eigenvalue weighted by Crippen LogP contribution is 2.33. The molecule has 2 aliphatic heterocycles. The van der Waals surface area contributed by atoms with E-state index < -0.39 is 5.60 Å². The molecular weight excluding hydrogens is 310 g/mol. The molecule has 2 amide bonds. The molecule has 1 saturated carbocycles. The van der Waals surface area contributed by atoms with Crippen molar-refractivity contribution in [2.24, 2.45) is 0 Å². The predicted molar refractivity (Wildman–Crippen MR) is 90.0 cm³/mol. The van der Waals surface area contributed by atoms with Crippen molar-refractivity contribution in [1.29, 1.82) is 0 Å². The molecule has 0 bridgehead atoms. The van der Waals surface area contributed by atoms with Gasteiger partial charge in [-0.25, -0.2) is 4.79 Å². The molecule has 1 aliphatic carbocycles. The van der Waals surface area contributed by atoms with Gasteiger partial charge in [0, 0.05) is 57.3 Å². The first-order chi connectivity index (χ1) is 11.6. The molecule has 24 heavy (non-hydrogen) atoms. The van der Waals surface area contributed by atoms with Crippen LogP contribution in [0.3, 0.4) is 0 Å². The highest BCUT2D eigenvalue weighted by molar-refractivity contribution is 5.74. The second-order valence-corrected chi connectivity index (χ2v) is 7.40. The number of nitrogens with one attached hydrogen (secondary N) is 2. The molecule has 2 atom stereocenters. The smallest absolute Gasteiger partial charge is 0.315 e. The van der Waals surface area contributed by atoms with Gasteiger partial charge in [0.25, 0.3) is 0 Å². The lowest BCUT2D eigenvalue weighted by Crippen LogP contribution is -2.52. The van der Waals surface area contributed by atoms with Gasteiger partial charge in [-0.2, -0.15) is 0 Å². The Morgan fingerprint density at radius 2 is 2.12 bits per heavy atom. The molecular formula is C17H31N3O4. The number of likely N-dealkylation sites (tertiary alicyclic amines) is 1. The van der Waals surface area contributed by atoms with Crippen LogP contribution in [0.25, 0.3) is 0 Å². The number of nitrogens with zero attached hydrogens (tertiary/aromatic N) is 1. The van der Waals surface area contributed by atoms with Crippen LogP contribution < -0.4 is 10.6 Å². The fourth-order valence-electron chi connectivity index (χ4n) is 3.93. The third-order valence-electron chi connectivity index (χ3n) is 5.45. The lowest BCUT2D eigenvalue weighted by atomic mass is 9.94. The first-order valence-electron chi connectivity index (χ1n) is 9.24. The number of hydrogen-bond acceptors (Lipinski definition) is 5. The van der Waals surface area contributed by atoms with Gasteiger partial charge in [0.2, 0.25) is 0 Å². The average Bonchev–Trinajstić information content (AvgIpc) is 3.36. The SMILES string of the molecule is C[C@H]1C[C@H](NC(=O)NCC2(OCCO)CCOCC2)CN1C1CC1. The second-order valence-electron chi connectivity index (χ2n) is 7.40. The molecule has 0 unspecified atom stereocenters. The van der Waals surface area contributed by atoms with E-state index in [1.54, 1.807) is 0 Å². The average molecular weight is 341 g/mol. The standard InChI is InChI=1S/C17H31N3O4/c1-13-10-14(11-20(13)15-2-3-15)19-16(22)18-12-17(24-9-6-21)4-7-23-8-5-17/h13-15,21H,2-12H2,1H3,(H2,18,19,22)/t13-,14-/m0/s1. The van der Waals surface area contributed by atoms with Gasteiger partial charge in [0.05, 0.1) is 18.8 Å². The van der Waals surface area contributed by atoms with E-state index >= 15 is 0 Å². The number of aliphatic hydroxyl groups excluding tert-OH is 1. The zero-order chi connectivity index (χ0) is 17.0. The first-order valence-corrected chi connectivity index (χ1v) is 9.24. The molecule has 0 aromatic heterocycles. The van der Waals surface area contributed by atoms with Gasteiger partial charge in [-0.1, -0.05) is 0 Å². The molecule has 2 heterocycles. The van der Waals surface area contributed by atoms with E-state index in [9.17, 15) is 4.79 Å². The van der Waals surface area contributed by atoms with Gasteiger partial charge in [-0.05, 0) is 26.2 Å². The van der Waals surface area contributed by atoms with Gasteiger partial charge in [-0.15, -0.1) is 0 Å². The highest BCUT2D eigenvalue weighted by atomic mass is 16.5. The van der Waals surface area contributed by atoms with E-state index in [2.05, 4.69) is 22.5 Å². The van der Waals surface area contributed by atoms with Crippen molar-refractivity contribution in [3.8, 4) is 0 Å². The maximum atomic E-state index is 12.3. The molecule has 0 spiro atoms. The minimum atomic E-state index is -0.415. The lowest BCUT2D eigenvalue weighted by molar-refractivity contribution is -0.114. The van der Waals surface area contributed by atoms with Gasteiger partial charge in [0.15, 0.2) is 0 Å². The summed E-state index contributed by atoms with van der Waals surface area (Å²) < 4.78 is 11.2. The molecule has 2 saturated heterocycles. The number of urea groups is 1. The van der Waals surface area contributed by atoms with Crippen molar-refractivity contribution in [3.63, 3.8) is 0 Å². The van der Waals surface area contributed by atoms with Gasteiger partial charge < -0.3 is 25.2 Å². The molecule has 7 heteroatoms. The van der Waals surface area contributed by atoms with Crippen LogP contribution in [0.2, 0.25) is 0 Å². The zero-order valence-corrected chi connectivity index (χ0v) is 14.6. The summed E-state index contributed by atoms with van der Waals surface area (Å²) in [5.74, 6) is 0. The quantitative estimate of drug-likeness (QED) is 0.627. The summed E-state index contributed by atoms with van der Waals surface area (Å²) in [6.45, 7) is 5.20. The van der Waals surface area contributed by atoms with Crippen molar-refractivity contribution in [2.45, 2.75) is 62.8 Å². The molecule has 0 aromatic rings. The van der Waals surface area contributed by atoms with E-state index in [0.29, 0.717) is 32.4 Å². The number of amides is 2. The van der Waals surface area contributed by atoms with Gasteiger partial charge >= 0.3 is 6.03 Å². The maximum absolute atomic E-state index is 12.3. The Morgan fingerprint density at radius 3 is 2.79 bits per heavy atom. The Hall–Kier alpha value is -0.890. The molecule has 3 N–H and O–H groups in total. The van der Waals surface area contributed by atoms with Crippen LogP contribution in [-0.2, 0) is 9.47 Å². The van der Waals surface area contributed by atoms with Crippen LogP contribution >= 0.6 is 0 Å². The molecule has 0 aromatic carbocycles. The van der Waals surface area contributed by atoms with Crippen LogP contribution in [0.1, 0.15) is 39.0 Å². The molecule has 3 rings (SSSR count). The fourth-order valence-corrected chi connectivity index (χ4v) is 3.93. The molecule has 0 radical (unpaired) electrons. The second kappa shape index (κ2) is 7.99. The normalized spacial score (nSPS) is 30.2. The minimum absolute atomic E-state index is 0.00817. The van der Waals surface area contributed by atoms with Crippen LogP contribution in [0.4, 0.5) is 4.79 Å². The van der Waals surface area contributed by atoms with E-state index in [1.807, 2.05) is 0 Å². The summed E-state index contributed by atoms with van der Waals surface area (Å²) in [5.41, 5.74) is -0.415. The monoisotopic (exact) mass is 341 g/mol. The molecule has 138 valence electrons. The van der Waals surface area contributed by atoms with Crippen molar-refractivity contribution >= 4 is 6.03 Å². The van der Waals surface area contributed by atoms with E-state index in [4.69, 9.17) is 14.6 Å². The van der Waals surface area contributed by atoms with Crippen molar-refractivity contribution in [3.05, 3.63) is 0 Å². The van der Waals surface area contributed by atoms with Gasteiger partial charge in [0.1, 0.15) is 0 Å². The molecule has 3 aliphatic rings. The van der Waals surface area contributed by atoms with Gasteiger partial charge in [-0.3, -0.25) is 4.90 Å². The first kappa shape index (κ1) is 17.9. The Balaban J connectivity index is 1.43. The van der Waals surface area contributed by atoms with Crippen molar-refractivity contribution in [2.75, 3.05) is 39.5 Å². The number of hydrogen-bond donors (Lipinski definition) is 3. The molecule has 3 fully saturated rings. The summed E-state index contributed by atoms with van der Waals surface area (Å²) in [5, 5.41) is 15.1. The summed E-state index contributed by atoms with van der Waals surface area (Å²) in [4.78, 5) is 14.8. The van der Waals surface area contributed by atoms with E-state index in [1.165, 1.54) is 12.8 Å². The van der Waals surface area contributed by atoms with Crippen LogP contribution in [0.5, 0.6) is 0 Å². The summed E-state index contributed by atoms with van der Waals surface area (Å²) >= 11 is 0. The number of aliphatic hydroxyl groups is 1.